The van der Waals surface area contributed by atoms with Crippen molar-refractivity contribution in [3.05, 3.63) is 30.3 Å². The summed E-state index contributed by atoms with van der Waals surface area (Å²) in [6.07, 6.45) is 1.30. The molecule has 2 aromatic rings. The van der Waals surface area contributed by atoms with Gasteiger partial charge < -0.3 is 14.2 Å². The molecule has 106 valence electrons. The number of rotatable bonds is 3. The minimum atomic E-state index is 0.224. The van der Waals surface area contributed by atoms with E-state index in [0.29, 0.717) is 17.8 Å². The molecule has 1 aromatic carbocycles. The second kappa shape index (κ2) is 5.63. The van der Waals surface area contributed by atoms with Crippen LogP contribution in [0.25, 0.3) is 11.5 Å². The van der Waals surface area contributed by atoms with Crippen molar-refractivity contribution in [2.24, 2.45) is 5.92 Å². The standard InChI is InChI=1S/C15H19N3O2/c1-11-8-9-18(10-13(11)19-2)15-16-14(20-17-15)12-6-4-3-5-7-12/h3-7,11,13H,8-10H2,1-2H3. The molecule has 0 amide bonds. The van der Waals surface area contributed by atoms with E-state index in [9.17, 15) is 0 Å². The number of piperidine rings is 1. The molecule has 0 radical (unpaired) electrons. The molecule has 1 saturated heterocycles. The molecule has 20 heavy (non-hydrogen) atoms. The van der Waals surface area contributed by atoms with Gasteiger partial charge in [0.05, 0.1) is 6.10 Å². The Morgan fingerprint density at radius 3 is 2.85 bits per heavy atom. The third kappa shape index (κ3) is 2.54. The molecule has 1 aliphatic heterocycles. The fourth-order valence-corrected chi connectivity index (χ4v) is 2.56. The van der Waals surface area contributed by atoms with Gasteiger partial charge in [0, 0.05) is 25.8 Å². The van der Waals surface area contributed by atoms with Crippen LogP contribution in [0.2, 0.25) is 0 Å². The first kappa shape index (κ1) is 13.1. The summed E-state index contributed by atoms with van der Waals surface area (Å²) in [5.74, 6) is 1.78. The van der Waals surface area contributed by atoms with E-state index in [1.165, 1.54) is 0 Å². The maximum atomic E-state index is 5.52. The Balaban J connectivity index is 1.77. The summed E-state index contributed by atoms with van der Waals surface area (Å²) in [6.45, 7) is 3.97. The van der Waals surface area contributed by atoms with E-state index in [1.54, 1.807) is 7.11 Å². The zero-order valence-electron chi connectivity index (χ0n) is 11.8. The number of anilines is 1. The largest absolute Gasteiger partial charge is 0.379 e. The third-order valence-electron chi connectivity index (χ3n) is 3.91. The van der Waals surface area contributed by atoms with Crippen molar-refractivity contribution in [1.29, 1.82) is 0 Å². The lowest BCUT2D eigenvalue weighted by molar-refractivity contribution is 0.0493. The summed E-state index contributed by atoms with van der Waals surface area (Å²) in [7, 11) is 1.76. The van der Waals surface area contributed by atoms with Gasteiger partial charge in [-0.3, -0.25) is 0 Å². The molecule has 1 fully saturated rings. The smallest absolute Gasteiger partial charge is 0.266 e. The predicted molar refractivity (Wildman–Crippen MR) is 76.5 cm³/mol. The molecule has 0 saturated carbocycles. The van der Waals surface area contributed by atoms with Crippen molar-refractivity contribution in [3.8, 4) is 11.5 Å². The van der Waals surface area contributed by atoms with Gasteiger partial charge in [-0.15, -0.1) is 0 Å². The lowest BCUT2D eigenvalue weighted by Crippen LogP contribution is -2.44. The van der Waals surface area contributed by atoms with Gasteiger partial charge >= 0.3 is 0 Å². The Labute approximate surface area is 118 Å². The molecule has 3 rings (SSSR count). The van der Waals surface area contributed by atoms with E-state index in [1.807, 2.05) is 30.3 Å². The highest BCUT2D eigenvalue weighted by atomic mass is 16.5. The molecule has 0 spiro atoms. The van der Waals surface area contributed by atoms with Gasteiger partial charge in [-0.1, -0.05) is 25.1 Å². The van der Waals surface area contributed by atoms with Crippen LogP contribution >= 0.6 is 0 Å². The van der Waals surface area contributed by atoms with Gasteiger partial charge in [0.25, 0.3) is 11.8 Å². The van der Waals surface area contributed by atoms with Gasteiger partial charge in [-0.25, -0.2) is 0 Å². The molecule has 0 aliphatic carbocycles. The van der Waals surface area contributed by atoms with Crippen LogP contribution in [0.1, 0.15) is 13.3 Å². The zero-order valence-corrected chi connectivity index (χ0v) is 11.8. The maximum absolute atomic E-state index is 5.52. The highest BCUT2D eigenvalue weighted by Crippen LogP contribution is 2.25. The molecular formula is C15H19N3O2. The van der Waals surface area contributed by atoms with Gasteiger partial charge in [0.15, 0.2) is 0 Å². The first-order chi connectivity index (χ1) is 9.78. The van der Waals surface area contributed by atoms with E-state index < -0.39 is 0 Å². The molecule has 5 nitrogen and oxygen atoms in total. The molecule has 5 heteroatoms. The Bertz CT molecular complexity index is 555. The molecule has 0 N–H and O–H groups in total. The first-order valence-electron chi connectivity index (χ1n) is 6.95. The molecule has 1 aliphatic rings. The Hall–Kier alpha value is -1.88. The summed E-state index contributed by atoms with van der Waals surface area (Å²) in [6, 6.07) is 9.82. The summed E-state index contributed by atoms with van der Waals surface area (Å²) in [5, 5.41) is 4.09. The Morgan fingerprint density at radius 1 is 1.30 bits per heavy atom. The zero-order chi connectivity index (χ0) is 13.9. The van der Waals surface area contributed by atoms with Crippen LogP contribution in [0.3, 0.4) is 0 Å². The number of methoxy groups -OCH3 is 1. The molecule has 0 bridgehead atoms. The van der Waals surface area contributed by atoms with E-state index in [2.05, 4.69) is 22.0 Å². The van der Waals surface area contributed by atoms with Crippen LogP contribution in [0.5, 0.6) is 0 Å². The van der Waals surface area contributed by atoms with E-state index in [-0.39, 0.29) is 6.10 Å². The van der Waals surface area contributed by atoms with E-state index >= 15 is 0 Å². The van der Waals surface area contributed by atoms with Crippen LogP contribution in [0.15, 0.2) is 34.9 Å². The van der Waals surface area contributed by atoms with E-state index in [4.69, 9.17) is 9.26 Å². The third-order valence-corrected chi connectivity index (χ3v) is 3.91. The summed E-state index contributed by atoms with van der Waals surface area (Å²) in [4.78, 5) is 6.62. The minimum absolute atomic E-state index is 0.224. The monoisotopic (exact) mass is 273 g/mol. The summed E-state index contributed by atoms with van der Waals surface area (Å²) < 4.78 is 10.9. The first-order valence-corrected chi connectivity index (χ1v) is 6.95. The van der Waals surface area contributed by atoms with Crippen molar-refractivity contribution < 1.29 is 9.26 Å². The average Bonchev–Trinajstić information content (AvgIpc) is 2.98. The van der Waals surface area contributed by atoms with Crippen molar-refractivity contribution >= 4 is 5.95 Å². The number of hydrogen-bond donors (Lipinski definition) is 0. The average molecular weight is 273 g/mol. The van der Waals surface area contributed by atoms with Crippen molar-refractivity contribution in [1.82, 2.24) is 10.1 Å². The molecular weight excluding hydrogens is 254 g/mol. The normalized spacial score (nSPS) is 23.0. The fraction of sp³-hybridized carbons (Fsp3) is 0.467. The molecule has 1 aromatic heterocycles. The molecule has 2 heterocycles. The number of benzene rings is 1. The lowest BCUT2D eigenvalue weighted by Gasteiger charge is -2.35. The topological polar surface area (TPSA) is 51.4 Å². The van der Waals surface area contributed by atoms with Crippen molar-refractivity contribution in [2.45, 2.75) is 19.4 Å². The maximum Gasteiger partial charge on any atom is 0.266 e. The summed E-state index contributed by atoms with van der Waals surface area (Å²) in [5.41, 5.74) is 0.944. The molecule has 2 atom stereocenters. The fourth-order valence-electron chi connectivity index (χ4n) is 2.56. The van der Waals surface area contributed by atoms with Gasteiger partial charge in [-0.05, 0) is 29.6 Å². The van der Waals surface area contributed by atoms with Gasteiger partial charge in [-0.2, -0.15) is 4.98 Å². The van der Waals surface area contributed by atoms with Gasteiger partial charge in [0.2, 0.25) is 0 Å². The highest BCUT2D eigenvalue weighted by Gasteiger charge is 2.28. The van der Waals surface area contributed by atoms with Crippen molar-refractivity contribution in [3.63, 3.8) is 0 Å². The summed E-state index contributed by atoms with van der Waals surface area (Å²) >= 11 is 0. The second-order valence-corrected chi connectivity index (χ2v) is 5.25. The van der Waals surface area contributed by atoms with Crippen LogP contribution < -0.4 is 4.90 Å². The quantitative estimate of drug-likeness (QED) is 0.860. The van der Waals surface area contributed by atoms with Crippen LogP contribution in [-0.4, -0.2) is 36.4 Å². The van der Waals surface area contributed by atoms with E-state index in [0.717, 1.165) is 25.1 Å². The van der Waals surface area contributed by atoms with Crippen LogP contribution in [0, 0.1) is 5.92 Å². The van der Waals surface area contributed by atoms with Gasteiger partial charge in [0.1, 0.15) is 0 Å². The van der Waals surface area contributed by atoms with Crippen LogP contribution in [-0.2, 0) is 4.74 Å². The second-order valence-electron chi connectivity index (χ2n) is 5.25. The predicted octanol–water partition coefficient (Wildman–Crippen LogP) is 2.60. The number of aromatic nitrogens is 2. The SMILES string of the molecule is COC1CN(c2noc(-c3ccccc3)n2)CCC1C. The number of nitrogens with zero attached hydrogens (tertiary/aromatic N) is 3. The lowest BCUT2D eigenvalue weighted by atomic mass is 9.96. The van der Waals surface area contributed by atoms with Crippen molar-refractivity contribution in [2.75, 3.05) is 25.1 Å². The van der Waals surface area contributed by atoms with Crippen LogP contribution in [0.4, 0.5) is 5.95 Å². The number of hydrogen-bond acceptors (Lipinski definition) is 5. The Kier molecular flexibility index (Phi) is 3.69. The number of ether oxygens (including phenoxy) is 1. The molecule has 2 unspecified atom stereocenters. The Morgan fingerprint density at radius 2 is 2.10 bits per heavy atom. The minimum Gasteiger partial charge on any atom is -0.379 e. The highest BCUT2D eigenvalue weighted by molar-refractivity contribution is 5.54.